The van der Waals surface area contributed by atoms with Crippen LogP contribution in [0.3, 0.4) is 0 Å². The molecule has 0 amide bonds. The first-order valence-corrected chi connectivity index (χ1v) is 8.31. The van der Waals surface area contributed by atoms with E-state index in [1.54, 1.807) is 11.8 Å². The van der Waals surface area contributed by atoms with E-state index >= 15 is 0 Å². The molecule has 0 aliphatic carbocycles. The Morgan fingerprint density at radius 1 is 1.39 bits per heavy atom. The van der Waals surface area contributed by atoms with E-state index in [9.17, 15) is 0 Å². The van der Waals surface area contributed by atoms with Crippen LogP contribution in [-0.2, 0) is 0 Å². The first kappa shape index (κ1) is 13.9. The molecule has 2 rings (SSSR count). The fourth-order valence-electron chi connectivity index (χ4n) is 2.71. The third-order valence-electron chi connectivity index (χ3n) is 3.77. The summed E-state index contributed by atoms with van der Waals surface area (Å²) in [6, 6.07) is 5.04. The summed E-state index contributed by atoms with van der Waals surface area (Å²) in [5.41, 5.74) is 1.41. The van der Waals surface area contributed by atoms with Crippen molar-refractivity contribution in [3.63, 3.8) is 0 Å². The fraction of sp³-hybridized carbons (Fsp3) is 0.667. The highest BCUT2D eigenvalue weighted by Crippen LogP contribution is 2.31. The van der Waals surface area contributed by atoms with E-state index in [0.29, 0.717) is 6.04 Å². The van der Waals surface area contributed by atoms with E-state index in [2.05, 4.69) is 41.4 Å². The van der Waals surface area contributed by atoms with Crippen LogP contribution >= 0.6 is 11.8 Å². The van der Waals surface area contributed by atoms with Gasteiger partial charge in [-0.05, 0) is 50.2 Å². The SMILES string of the molecule is CCCCN1CCCCC1c1ccc(SC)nc1. The monoisotopic (exact) mass is 264 g/mol. The van der Waals surface area contributed by atoms with Crippen molar-refractivity contribution >= 4 is 11.8 Å². The van der Waals surface area contributed by atoms with Gasteiger partial charge in [0.1, 0.15) is 0 Å². The van der Waals surface area contributed by atoms with Crippen LogP contribution in [-0.4, -0.2) is 29.2 Å². The molecule has 0 aromatic carbocycles. The Labute approximate surface area is 115 Å². The summed E-state index contributed by atoms with van der Waals surface area (Å²) in [7, 11) is 0. The van der Waals surface area contributed by atoms with E-state index in [0.717, 1.165) is 5.03 Å². The van der Waals surface area contributed by atoms with Gasteiger partial charge in [0.25, 0.3) is 0 Å². The van der Waals surface area contributed by atoms with Crippen LogP contribution in [0.5, 0.6) is 0 Å². The molecule has 1 aromatic rings. The predicted molar refractivity (Wildman–Crippen MR) is 79.1 cm³/mol. The molecule has 2 heterocycles. The number of piperidine rings is 1. The van der Waals surface area contributed by atoms with E-state index in [-0.39, 0.29) is 0 Å². The van der Waals surface area contributed by atoms with Gasteiger partial charge in [0.05, 0.1) is 5.03 Å². The Bertz CT molecular complexity index is 350. The van der Waals surface area contributed by atoms with E-state index in [1.807, 2.05) is 0 Å². The molecular weight excluding hydrogens is 240 g/mol. The van der Waals surface area contributed by atoms with Gasteiger partial charge in [-0.15, -0.1) is 11.8 Å². The highest BCUT2D eigenvalue weighted by atomic mass is 32.2. The lowest BCUT2D eigenvalue weighted by molar-refractivity contribution is 0.146. The molecule has 1 aromatic heterocycles. The van der Waals surface area contributed by atoms with Crippen LogP contribution in [0.4, 0.5) is 0 Å². The molecule has 1 fully saturated rings. The Morgan fingerprint density at radius 2 is 2.28 bits per heavy atom. The number of thioether (sulfide) groups is 1. The van der Waals surface area contributed by atoms with Crippen molar-refractivity contribution in [2.24, 2.45) is 0 Å². The van der Waals surface area contributed by atoms with Gasteiger partial charge >= 0.3 is 0 Å². The van der Waals surface area contributed by atoms with Crippen molar-refractivity contribution < 1.29 is 0 Å². The molecule has 1 saturated heterocycles. The summed E-state index contributed by atoms with van der Waals surface area (Å²) in [6.07, 6.45) is 10.8. The molecule has 0 bridgehead atoms. The number of rotatable bonds is 5. The molecule has 18 heavy (non-hydrogen) atoms. The van der Waals surface area contributed by atoms with Gasteiger partial charge in [-0.2, -0.15) is 0 Å². The lowest BCUT2D eigenvalue weighted by Gasteiger charge is -2.35. The molecule has 0 radical (unpaired) electrons. The fourth-order valence-corrected chi connectivity index (χ4v) is 3.07. The average Bonchev–Trinajstić information content (AvgIpc) is 2.45. The van der Waals surface area contributed by atoms with Crippen LogP contribution in [0.15, 0.2) is 23.4 Å². The van der Waals surface area contributed by atoms with Crippen LogP contribution in [0.1, 0.15) is 50.6 Å². The molecule has 1 atom stereocenters. The number of likely N-dealkylation sites (tertiary alicyclic amines) is 1. The van der Waals surface area contributed by atoms with Crippen molar-refractivity contribution in [1.29, 1.82) is 0 Å². The van der Waals surface area contributed by atoms with Gasteiger partial charge in [-0.1, -0.05) is 25.8 Å². The minimum Gasteiger partial charge on any atom is -0.296 e. The van der Waals surface area contributed by atoms with Crippen molar-refractivity contribution in [3.8, 4) is 0 Å². The second kappa shape index (κ2) is 7.15. The van der Waals surface area contributed by atoms with E-state index in [4.69, 9.17) is 0 Å². The molecular formula is C15H24N2S. The molecule has 1 unspecified atom stereocenters. The van der Waals surface area contributed by atoms with Crippen LogP contribution < -0.4 is 0 Å². The molecule has 1 aliphatic heterocycles. The number of pyridine rings is 1. The first-order chi connectivity index (χ1) is 8.85. The first-order valence-electron chi connectivity index (χ1n) is 7.09. The second-order valence-corrected chi connectivity index (χ2v) is 5.86. The lowest BCUT2D eigenvalue weighted by Crippen LogP contribution is -2.34. The number of nitrogens with zero attached hydrogens (tertiary/aromatic N) is 2. The maximum atomic E-state index is 4.52. The van der Waals surface area contributed by atoms with Gasteiger partial charge in [0.2, 0.25) is 0 Å². The van der Waals surface area contributed by atoms with Crippen molar-refractivity contribution in [3.05, 3.63) is 23.9 Å². The van der Waals surface area contributed by atoms with Crippen LogP contribution in [0.25, 0.3) is 0 Å². The summed E-state index contributed by atoms with van der Waals surface area (Å²) >= 11 is 1.71. The minimum absolute atomic E-state index is 0.605. The van der Waals surface area contributed by atoms with E-state index < -0.39 is 0 Å². The maximum Gasteiger partial charge on any atom is 0.0957 e. The zero-order valence-corrected chi connectivity index (χ0v) is 12.4. The molecule has 3 heteroatoms. The minimum atomic E-state index is 0.605. The zero-order valence-electron chi connectivity index (χ0n) is 11.6. The highest BCUT2D eigenvalue weighted by molar-refractivity contribution is 7.98. The normalized spacial score (nSPS) is 21.1. The molecule has 1 aliphatic rings. The maximum absolute atomic E-state index is 4.52. The number of unbranched alkanes of at least 4 members (excludes halogenated alkanes) is 1. The topological polar surface area (TPSA) is 16.1 Å². The summed E-state index contributed by atoms with van der Waals surface area (Å²) < 4.78 is 0. The lowest BCUT2D eigenvalue weighted by atomic mass is 9.96. The van der Waals surface area contributed by atoms with Crippen molar-refractivity contribution in [2.75, 3.05) is 19.3 Å². The quantitative estimate of drug-likeness (QED) is 0.744. The second-order valence-electron chi connectivity index (χ2n) is 5.03. The molecule has 0 spiro atoms. The summed E-state index contributed by atoms with van der Waals surface area (Å²) in [5, 5.41) is 1.12. The molecule has 0 saturated carbocycles. The third-order valence-corrected chi connectivity index (χ3v) is 4.43. The third kappa shape index (κ3) is 3.48. The Hall–Kier alpha value is -0.540. The Kier molecular flexibility index (Phi) is 5.51. The summed E-state index contributed by atoms with van der Waals surface area (Å²) in [5.74, 6) is 0. The van der Waals surface area contributed by atoms with Gasteiger partial charge in [-0.3, -0.25) is 4.90 Å². The van der Waals surface area contributed by atoms with Gasteiger partial charge in [-0.25, -0.2) is 4.98 Å². The standard InChI is InChI=1S/C15H24N2S/c1-3-4-10-17-11-6-5-7-14(17)13-8-9-15(18-2)16-12-13/h8-9,12,14H,3-7,10-11H2,1-2H3. The largest absolute Gasteiger partial charge is 0.296 e. The number of hydrogen-bond acceptors (Lipinski definition) is 3. The smallest absolute Gasteiger partial charge is 0.0957 e. The number of hydrogen-bond donors (Lipinski definition) is 0. The molecule has 0 N–H and O–H groups in total. The highest BCUT2D eigenvalue weighted by Gasteiger charge is 2.23. The summed E-state index contributed by atoms with van der Waals surface area (Å²) in [6.45, 7) is 4.77. The van der Waals surface area contributed by atoms with Gasteiger partial charge in [0.15, 0.2) is 0 Å². The zero-order chi connectivity index (χ0) is 12.8. The van der Waals surface area contributed by atoms with Gasteiger partial charge in [0, 0.05) is 12.2 Å². The molecule has 100 valence electrons. The van der Waals surface area contributed by atoms with Gasteiger partial charge < -0.3 is 0 Å². The Balaban J connectivity index is 2.06. The predicted octanol–water partition coefficient (Wildman–Crippen LogP) is 4.13. The Morgan fingerprint density at radius 3 is 2.94 bits per heavy atom. The van der Waals surface area contributed by atoms with Crippen LogP contribution in [0.2, 0.25) is 0 Å². The van der Waals surface area contributed by atoms with Crippen molar-refractivity contribution in [2.45, 2.75) is 50.1 Å². The van der Waals surface area contributed by atoms with Crippen molar-refractivity contribution in [1.82, 2.24) is 9.88 Å². The summed E-state index contributed by atoms with van der Waals surface area (Å²) in [4.78, 5) is 7.18. The average molecular weight is 264 g/mol. The number of aromatic nitrogens is 1. The van der Waals surface area contributed by atoms with E-state index in [1.165, 1.54) is 50.8 Å². The molecule has 2 nitrogen and oxygen atoms in total. The van der Waals surface area contributed by atoms with Crippen LogP contribution in [0, 0.1) is 0 Å².